The molecule has 108 valence electrons. The molecule has 0 bridgehead atoms. The van der Waals surface area contributed by atoms with Crippen molar-refractivity contribution in [3.8, 4) is 0 Å². The first-order valence-corrected chi connectivity index (χ1v) is 6.58. The van der Waals surface area contributed by atoms with Gasteiger partial charge in [-0.25, -0.2) is 4.79 Å². The van der Waals surface area contributed by atoms with Gasteiger partial charge >= 0.3 is 5.97 Å². The van der Waals surface area contributed by atoms with Crippen molar-refractivity contribution in [2.24, 2.45) is 5.92 Å². The number of rotatable bonds is 3. The second-order valence-corrected chi connectivity index (χ2v) is 5.03. The standard InChI is InChI=1S/C13H18N4O3/c1-8-5-6-17(10(7-8)13(19)20)11-4-3-9(15-16-11)12(18)14-2/h3-4,8,10H,5-7H2,1-2H3,(H,14,18)(H,19,20). The Labute approximate surface area is 117 Å². The van der Waals surface area contributed by atoms with Crippen LogP contribution in [-0.4, -0.2) is 46.8 Å². The van der Waals surface area contributed by atoms with E-state index in [0.29, 0.717) is 24.7 Å². The summed E-state index contributed by atoms with van der Waals surface area (Å²) in [7, 11) is 1.52. The van der Waals surface area contributed by atoms with Gasteiger partial charge < -0.3 is 15.3 Å². The van der Waals surface area contributed by atoms with E-state index in [0.717, 1.165) is 6.42 Å². The molecule has 0 spiro atoms. The lowest BCUT2D eigenvalue weighted by Gasteiger charge is -2.36. The van der Waals surface area contributed by atoms with E-state index in [1.54, 1.807) is 17.0 Å². The molecule has 0 saturated carbocycles. The fourth-order valence-electron chi connectivity index (χ4n) is 2.38. The van der Waals surface area contributed by atoms with Crippen molar-refractivity contribution in [1.82, 2.24) is 15.5 Å². The monoisotopic (exact) mass is 278 g/mol. The fourth-order valence-corrected chi connectivity index (χ4v) is 2.38. The van der Waals surface area contributed by atoms with Crippen LogP contribution in [0.2, 0.25) is 0 Å². The first-order chi connectivity index (χ1) is 9.52. The number of carbonyl (C=O) groups is 2. The van der Waals surface area contributed by atoms with Gasteiger partial charge in [-0.05, 0) is 30.9 Å². The summed E-state index contributed by atoms with van der Waals surface area (Å²) in [4.78, 5) is 24.5. The van der Waals surface area contributed by atoms with Crippen LogP contribution in [0.5, 0.6) is 0 Å². The van der Waals surface area contributed by atoms with E-state index in [4.69, 9.17) is 0 Å². The van der Waals surface area contributed by atoms with Gasteiger partial charge in [-0.3, -0.25) is 4.79 Å². The number of nitrogens with one attached hydrogen (secondary N) is 1. The van der Waals surface area contributed by atoms with Gasteiger partial charge in [0.15, 0.2) is 11.5 Å². The van der Waals surface area contributed by atoms with Crippen LogP contribution in [-0.2, 0) is 4.79 Å². The van der Waals surface area contributed by atoms with E-state index in [1.807, 2.05) is 6.92 Å². The number of nitrogens with zero attached hydrogens (tertiary/aromatic N) is 3. The van der Waals surface area contributed by atoms with Gasteiger partial charge in [0, 0.05) is 13.6 Å². The Kier molecular flexibility index (Phi) is 4.16. The molecule has 1 aromatic heterocycles. The number of carboxylic acids is 1. The van der Waals surface area contributed by atoms with Gasteiger partial charge in [0.05, 0.1) is 0 Å². The molecule has 1 amide bonds. The molecular weight excluding hydrogens is 260 g/mol. The highest BCUT2D eigenvalue weighted by Crippen LogP contribution is 2.26. The summed E-state index contributed by atoms with van der Waals surface area (Å²) in [5.41, 5.74) is 0.216. The first-order valence-electron chi connectivity index (χ1n) is 6.58. The number of carboxylic acid groups (broad SMARTS) is 1. The zero-order chi connectivity index (χ0) is 14.7. The van der Waals surface area contributed by atoms with Gasteiger partial charge in [-0.15, -0.1) is 10.2 Å². The van der Waals surface area contributed by atoms with Gasteiger partial charge in [-0.1, -0.05) is 6.92 Å². The summed E-state index contributed by atoms with van der Waals surface area (Å²) in [5.74, 6) is -0.290. The molecule has 1 aromatic rings. The van der Waals surface area contributed by atoms with Crippen molar-refractivity contribution in [2.75, 3.05) is 18.5 Å². The van der Waals surface area contributed by atoms with Crippen molar-refractivity contribution in [3.63, 3.8) is 0 Å². The van der Waals surface area contributed by atoms with Crippen LogP contribution in [0.25, 0.3) is 0 Å². The Morgan fingerprint density at radius 2 is 2.15 bits per heavy atom. The van der Waals surface area contributed by atoms with Crippen molar-refractivity contribution in [1.29, 1.82) is 0 Å². The molecule has 1 fully saturated rings. The third-order valence-electron chi connectivity index (χ3n) is 3.55. The van der Waals surface area contributed by atoms with Crippen LogP contribution < -0.4 is 10.2 Å². The lowest BCUT2D eigenvalue weighted by Crippen LogP contribution is -2.47. The van der Waals surface area contributed by atoms with Crippen LogP contribution in [0.3, 0.4) is 0 Å². The van der Waals surface area contributed by atoms with Gasteiger partial charge in [0.25, 0.3) is 5.91 Å². The molecule has 2 heterocycles. The number of piperidine rings is 1. The van der Waals surface area contributed by atoms with Gasteiger partial charge in [-0.2, -0.15) is 0 Å². The molecule has 0 aromatic carbocycles. The second-order valence-electron chi connectivity index (χ2n) is 5.03. The topological polar surface area (TPSA) is 95.4 Å². The smallest absolute Gasteiger partial charge is 0.326 e. The molecule has 0 radical (unpaired) electrons. The number of hydrogen-bond acceptors (Lipinski definition) is 5. The molecule has 20 heavy (non-hydrogen) atoms. The maximum atomic E-state index is 11.4. The molecule has 7 heteroatoms. The summed E-state index contributed by atoms with van der Waals surface area (Å²) < 4.78 is 0. The normalized spacial score (nSPS) is 22.4. The number of hydrogen-bond donors (Lipinski definition) is 2. The van der Waals surface area contributed by atoms with Crippen LogP contribution in [0.15, 0.2) is 12.1 Å². The molecule has 1 saturated heterocycles. The summed E-state index contributed by atoms with van der Waals surface area (Å²) in [6, 6.07) is 2.61. The number of carbonyl (C=O) groups excluding carboxylic acids is 1. The van der Waals surface area contributed by atoms with Crippen LogP contribution in [0.4, 0.5) is 5.82 Å². The molecule has 2 rings (SSSR count). The Bertz CT molecular complexity index is 503. The first kappa shape index (κ1) is 14.2. The Morgan fingerprint density at radius 1 is 1.40 bits per heavy atom. The minimum atomic E-state index is -0.853. The Balaban J connectivity index is 2.21. The molecule has 0 aliphatic carbocycles. The van der Waals surface area contributed by atoms with Crippen LogP contribution in [0.1, 0.15) is 30.3 Å². The second kappa shape index (κ2) is 5.85. The van der Waals surface area contributed by atoms with E-state index >= 15 is 0 Å². The maximum absolute atomic E-state index is 11.4. The van der Waals surface area contributed by atoms with E-state index in [1.165, 1.54) is 7.05 Å². The van der Waals surface area contributed by atoms with Crippen molar-refractivity contribution < 1.29 is 14.7 Å². The quantitative estimate of drug-likeness (QED) is 0.837. The van der Waals surface area contributed by atoms with E-state index < -0.39 is 12.0 Å². The third-order valence-corrected chi connectivity index (χ3v) is 3.55. The fraction of sp³-hybridized carbons (Fsp3) is 0.538. The molecule has 2 atom stereocenters. The zero-order valence-electron chi connectivity index (χ0n) is 11.5. The van der Waals surface area contributed by atoms with E-state index in [2.05, 4.69) is 15.5 Å². The zero-order valence-corrected chi connectivity index (χ0v) is 11.5. The molecule has 2 unspecified atom stereocenters. The van der Waals surface area contributed by atoms with Gasteiger partial charge in [0.2, 0.25) is 0 Å². The molecule has 1 aliphatic rings. The Hall–Kier alpha value is -2.18. The predicted molar refractivity (Wildman–Crippen MR) is 72.6 cm³/mol. The third kappa shape index (κ3) is 2.87. The van der Waals surface area contributed by atoms with Crippen LogP contribution in [0, 0.1) is 5.92 Å². The highest BCUT2D eigenvalue weighted by atomic mass is 16.4. The van der Waals surface area contributed by atoms with E-state index in [-0.39, 0.29) is 11.6 Å². The van der Waals surface area contributed by atoms with Crippen molar-refractivity contribution in [3.05, 3.63) is 17.8 Å². The van der Waals surface area contributed by atoms with Crippen molar-refractivity contribution in [2.45, 2.75) is 25.8 Å². The highest BCUT2D eigenvalue weighted by Gasteiger charge is 2.32. The molecule has 1 aliphatic heterocycles. The predicted octanol–water partition coefficient (Wildman–Crippen LogP) is 0.526. The summed E-state index contributed by atoms with van der Waals surface area (Å²) >= 11 is 0. The Morgan fingerprint density at radius 3 is 2.70 bits per heavy atom. The SMILES string of the molecule is CNC(=O)c1ccc(N2CCC(C)CC2C(=O)O)nn1. The minimum absolute atomic E-state index is 0.216. The molecular formula is C13H18N4O3. The molecule has 7 nitrogen and oxygen atoms in total. The summed E-state index contributed by atoms with van der Waals surface area (Å²) in [6.45, 7) is 2.68. The van der Waals surface area contributed by atoms with Gasteiger partial charge in [0.1, 0.15) is 6.04 Å². The number of aromatic nitrogens is 2. The average molecular weight is 278 g/mol. The average Bonchev–Trinajstić information content (AvgIpc) is 2.46. The van der Waals surface area contributed by atoms with Crippen molar-refractivity contribution >= 4 is 17.7 Å². The maximum Gasteiger partial charge on any atom is 0.326 e. The summed E-state index contributed by atoms with van der Waals surface area (Å²) in [6.07, 6.45) is 1.51. The lowest BCUT2D eigenvalue weighted by atomic mass is 9.92. The highest BCUT2D eigenvalue weighted by molar-refractivity contribution is 5.92. The minimum Gasteiger partial charge on any atom is -0.480 e. The lowest BCUT2D eigenvalue weighted by molar-refractivity contribution is -0.139. The largest absolute Gasteiger partial charge is 0.480 e. The number of amides is 1. The summed E-state index contributed by atoms with van der Waals surface area (Å²) in [5, 5.41) is 19.6. The number of anilines is 1. The number of aliphatic carboxylic acids is 1. The van der Waals surface area contributed by atoms with Crippen LogP contribution >= 0.6 is 0 Å². The molecule has 2 N–H and O–H groups in total. The van der Waals surface area contributed by atoms with E-state index in [9.17, 15) is 14.7 Å².